The lowest BCUT2D eigenvalue weighted by atomic mass is 10.2. The van der Waals surface area contributed by atoms with Crippen LogP contribution in [0.3, 0.4) is 0 Å². The number of hydrogen-bond donors (Lipinski definition) is 2. The predicted molar refractivity (Wildman–Crippen MR) is 104 cm³/mol. The molecule has 2 rings (SSSR count). The lowest BCUT2D eigenvalue weighted by Gasteiger charge is -2.10. The first-order valence-electron chi connectivity index (χ1n) is 8.79. The van der Waals surface area contributed by atoms with Gasteiger partial charge in [0.25, 0.3) is 5.91 Å². The fourth-order valence-corrected chi connectivity index (χ4v) is 2.27. The Labute approximate surface area is 159 Å². The van der Waals surface area contributed by atoms with Gasteiger partial charge in [-0.15, -0.1) is 0 Å². The summed E-state index contributed by atoms with van der Waals surface area (Å²) in [7, 11) is 4.03. The van der Waals surface area contributed by atoms with E-state index in [2.05, 4.69) is 25.5 Å². The largest absolute Gasteiger partial charge is 0.462 e. The molecule has 144 valence electrons. The third kappa shape index (κ3) is 6.67. The highest BCUT2D eigenvalue weighted by atomic mass is 16.5. The molecule has 1 aromatic heterocycles. The molecule has 0 aliphatic carbocycles. The average molecular weight is 371 g/mol. The first-order valence-corrected chi connectivity index (χ1v) is 8.79. The number of hydrogen-bond acceptors (Lipinski definition) is 7. The highest BCUT2D eigenvalue weighted by Gasteiger charge is 2.11. The van der Waals surface area contributed by atoms with E-state index in [0.717, 1.165) is 19.5 Å². The zero-order chi connectivity index (χ0) is 19.6. The van der Waals surface area contributed by atoms with Crippen LogP contribution < -0.4 is 10.6 Å². The number of ether oxygens (including phenoxy) is 1. The van der Waals surface area contributed by atoms with Crippen molar-refractivity contribution < 1.29 is 14.3 Å². The second-order valence-electron chi connectivity index (χ2n) is 6.10. The van der Waals surface area contributed by atoms with Crippen molar-refractivity contribution in [3.8, 4) is 0 Å². The second kappa shape index (κ2) is 10.2. The van der Waals surface area contributed by atoms with E-state index in [0.29, 0.717) is 23.8 Å². The van der Waals surface area contributed by atoms with E-state index in [1.165, 1.54) is 0 Å². The van der Waals surface area contributed by atoms with Gasteiger partial charge in [0.2, 0.25) is 5.95 Å². The molecule has 2 aromatic rings. The van der Waals surface area contributed by atoms with Crippen LogP contribution >= 0.6 is 0 Å². The molecule has 0 spiro atoms. The molecule has 2 N–H and O–H groups in total. The monoisotopic (exact) mass is 371 g/mol. The van der Waals surface area contributed by atoms with Crippen molar-refractivity contribution in [3.63, 3.8) is 0 Å². The number of nitrogens with one attached hydrogen (secondary N) is 2. The van der Waals surface area contributed by atoms with Crippen LogP contribution in [0, 0.1) is 0 Å². The molecule has 1 heterocycles. The van der Waals surface area contributed by atoms with E-state index in [1.54, 1.807) is 43.5 Å². The van der Waals surface area contributed by atoms with Gasteiger partial charge in [-0.3, -0.25) is 4.79 Å². The summed E-state index contributed by atoms with van der Waals surface area (Å²) in [5.74, 6) is -0.326. The van der Waals surface area contributed by atoms with Crippen molar-refractivity contribution in [2.24, 2.45) is 0 Å². The Morgan fingerprint density at radius 1 is 1.15 bits per heavy atom. The maximum atomic E-state index is 12.4. The lowest BCUT2D eigenvalue weighted by molar-refractivity contribution is 0.0526. The molecular formula is C19H25N5O3. The normalized spacial score (nSPS) is 10.5. The molecule has 0 fully saturated rings. The molecule has 0 aliphatic rings. The summed E-state index contributed by atoms with van der Waals surface area (Å²) in [6, 6.07) is 8.04. The summed E-state index contributed by atoms with van der Waals surface area (Å²) >= 11 is 0. The van der Waals surface area contributed by atoms with Gasteiger partial charge in [0.05, 0.1) is 12.2 Å². The van der Waals surface area contributed by atoms with Gasteiger partial charge >= 0.3 is 5.97 Å². The van der Waals surface area contributed by atoms with Gasteiger partial charge in [0.1, 0.15) is 5.69 Å². The van der Waals surface area contributed by atoms with Gasteiger partial charge in [-0.25, -0.2) is 14.8 Å². The minimum atomic E-state index is -0.392. The number of carbonyl (C=O) groups is 2. The molecule has 0 saturated heterocycles. The molecule has 0 unspecified atom stereocenters. The van der Waals surface area contributed by atoms with Crippen LogP contribution in [0.25, 0.3) is 0 Å². The van der Waals surface area contributed by atoms with E-state index >= 15 is 0 Å². The quantitative estimate of drug-likeness (QED) is 0.515. The maximum absolute atomic E-state index is 12.4. The molecule has 0 radical (unpaired) electrons. The van der Waals surface area contributed by atoms with Crippen LogP contribution in [0.5, 0.6) is 0 Å². The number of anilines is 2. The van der Waals surface area contributed by atoms with E-state index in [9.17, 15) is 9.59 Å². The molecule has 0 bridgehead atoms. The highest BCUT2D eigenvalue weighted by Crippen LogP contribution is 2.12. The number of rotatable bonds is 9. The zero-order valence-electron chi connectivity index (χ0n) is 15.9. The number of esters is 1. The zero-order valence-corrected chi connectivity index (χ0v) is 15.9. The Bertz CT molecular complexity index is 762. The standard InChI is InChI=1S/C19H25N5O3/c1-4-27-18(26)14-6-8-15(9-7-14)22-17(25)16-10-12-21-19(23-16)20-11-5-13-24(2)3/h6-10,12H,4-5,11,13H2,1-3H3,(H,22,25)(H,20,21,23). The molecule has 27 heavy (non-hydrogen) atoms. The van der Waals surface area contributed by atoms with E-state index in [4.69, 9.17) is 4.74 Å². The topological polar surface area (TPSA) is 96.4 Å². The van der Waals surface area contributed by atoms with Crippen LogP contribution in [0.1, 0.15) is 34.2 Å². The first kappa shape index (κ1) is 20.3. The Hall–Kier alpha value is -3.00. The Morgan fingerprint density at radius 3 is 2.56 bits per heavy atom. The minimum absolute atomic E-state index is 0.259. The number of nitrogens with zero attached hydrogens (tertiary/aromatic N) is 3. The Balaban J connectivity index is 1.93. The molecule has 8 nitrogen and oxygen atoms in total. The van der Waals surface area contributed by atoms with Crippen molar-refractivity contribution in [1.82, 2.24) is 14.9 Å². The van der Waals surface area contributed by atoms with E-state index < -0.39 is 5.97 Å². The second-order valence-corrected chi connectivity index (χ2v) is 6.10. The van der Waals surface area contributed by atoms with Crippen LogP contribution in [0.2, 0.25) is 0 Å². The third-order valence-corrected chi connectivity index (χ3v) is 3.61. The summed E-state index contributed by atoms with van der Waals surface area (Å²) in [5, 5.41) is 5.86. The summed E-state index contributed by atoms with van der Waals surface area (Å²) in [5.41, 5.74) is 1.25. The van der Waals surface area contributed by atoms with Crippen LogP contribution in [-0.4, -0.2) is 60.5 Å². The lowest BCUT2D eigenvalue weighted by Crippen LogP contribution is -2.18. The SMILES string of the molecule is CCOC(=O)c1ccc(NC(=O)c2ccnc(NCCCN(C)C)n2)cc1. The summed E-state index contributed by atoms with van der Waals surface area (Å²) in [4.78, 5) is 34.5. The molecule has 1 amide bonds. The van der Waals surface area contributed by atoms with Gasteiger partial charge in [-0.05, 0) is 64.3 Å². The summed E-state index contributed by atoms with van der Waals surface area (Å²) < 4.78 is 4.93. The fourth-order valence-electron chi connectivity index (χ4n) is 2.27. The molecule has 0 atom stereocenters. The minimum Gasteiger partial charge on any atom is -0.462 e. The van der Waals surface area contributed by atoms with Gasteiger partial charge < -0.3 is 20.3 Å². The highest BCUT2D eigenvalue weighted by molar-refractivity contribution is 6.03. The fraction of sp³-hybridized carbons (Fsp3) is 0.368. The van der Waals surface area contributed by atoms with Crippen molar-refractivity contribution in [3.05, 3.63) is 47.8 Å². The van der Waals surface area contributed by atoms with Gasteiger partial charge in [-0.1, -0.05) is 0 Å². The predicted octanol–water partition coefficient (Wildman–Crippen LogP) is 2.27. The van der Waals surface area contributed by atoms with E-state index in [1.807, 2.05) is 14.1 Å². The molecular weight excluding hydrogens is 346 g/mol. The van der Waals surface area contributed by atoms with Crippen molar-refractivity contribution >= 4 is 23.5 Å². The number of amides is 1. The van der Waals surface area contributed by atoms with Crippen molar-refractivity contribution in [1.29, 1.82) is 0 Å². The summed E-state index contributed by atoms with van der Waals surface area (Å²) in [6.07, 6.45) is 2.49. The van der Waals surface area contributed by atoms with Crippen molar-refractivity contribution in [2.45, 2.75) is 13.3 Å². The molecule has 8 heteroatoms. The van der Waals surface area contributed by atoms with Crippen LogP contribution in [-0.2, 0) is 4.74 Å². The van der Waals surface area contributed by atoms with Gasteiger partial charge in [0.15, 0.2) is 0 Å². The van der Waals surface area contributed by atoms with Crippen LogP contribution in [0.15, 0.2) is 36.5 Å². The molecule has 1 aromatic carbocycles. The van der Waals surface area contributed by atoms with Gasteiger partial charge in [-0.2, -0.15) is 0 Å². The Kier molecular flexibility index (Phi) is 7.69. The van der Waals surface area contributed by atoms with Gasteiger partial charge in [0, 0.05) is 18.4 Å². The number of benzene rings is 1. The molecule has 0 aliphatic heterocycles. The molecule has 0 saturated carbocycles. The summed E-state index contributed by atoms with van der Waals surface area (Å²) in [6.45, 7) is 3.74. The van der Waals surface area contributed by atoms with E-state index in [-0.39, 0.29) is 11.6 Å². The number of carbonyl (C=O) groups excluding carboxylic acids is 2. The van der Waals surface area contributed by atoms with Crippen molar-refractivity contribution in [2.75, 3.05) is 44.4 Å². The number of aromatic nitrogens is 2. The Morgan fingerprint density at radius 2 is 1.89 bits per heavy atom. The third-order valence-electron chi connectivity index (χ3n) is 3.61. The average Bonchev–Trinajstić information content (AvgIpc) is 2.66. The maximum Gasteiger partial charge on any atom is 0.338 e. The first-order chi connectivity index (χ1) is 13.0. The smallest absolute Gasteiger partial charge is 0.338 e. The van der Waals surface area contributed by atoms with Crippen LogP contribution in [0.4, 0.5) is 11.6 Å².